The molecule has 3 N–H and O–H groups in total. The molecule has 0 aromatic carbocycles. The molecule has 0 rings (SSSR count). The molecule has 0 radical (unpaired) electrons. The van der Waals surface area contributed by atoms with Gasteiger partial charge in [-0.15, -0.1) is 0 Å². The molecule has 320 valence electrons. The number of hydrogen-bond acceptors (Lipinski definition) is 3. The van der Waals surface area contributed by atoms with Gasteiger partial charge < -0.3 is 15.5 Å². The minimum atomic E-state index is -0.858. The van der Waals surface area contributed by atoms with Gasteiger partial charge in [-0.2, -0.15) is 0 Å². The van der Waals surface area contributed by atoms with Crippen molar-refractivity contribution in [1.82, 2.24) is 5.32 Å². The number of allylic oxidation sites excluding steroid dienone is 3. The highest BCUT2D eigenvalue weighted by Crippen LogP contribution is 2.17. The Hall–Kier alpha value is -1.13. The second-order valence-electron chi connectivity index (χ2n) is 16.9. The van der Waals surface area contributed by atoms with E-state index in [1.807, 2.05) is 6.08 Å². The van der Waals surface area contributed by atoms with E-state index in [9.17, 15) is 15.0 Å². The number of unbranched alkanes of at least 4 members (excludes halogenated alkanes) is 36. The molecule has 4 heteroatoms. The summed E-state index contributed by atoms with van der Waals surface area (Å²) in [6.07, 6.45) is 60.2. The van der Waals surface area contributed by atoms with Gasteiger partial charge >= 0.3 is 0 Å². The van der Waals surface area contributed by atoms with Gasteiger partial charge in [0.2, 0.25) is 5.91 Å². The molecule has 0 spiro atoms. The standard InChI is InChI=1S/C50H97NO3/c1-3-5-7-9-11-13-15-17-19-21-23-24-25-26-28-30-32-34-36-38-40-42-44-46-50(54)51-48(47-52)49(53)45-43-41-39-37-35-33-31-29-27-22-20-18-16-14-12-10-8-6-4-2/h35,37,43,45,48-49,52-53H,3-34,36,38-42,44,46-47H2,1-2H3,(H,51,54)/b37-35+,45-43+. The Morgan fingerprint density at radius 3 is 1.07 bits per heavy atom. The van der Waals surface area contributed by atoms with Gasteiger partial charge in [0.05, 0.1) is 18.8 Å². The van der Waals surface area contributed by atoms with Crippen LogP contribution >= 0.6 is 0 Å². The molecule has 4 nitrogen and oxygen atoms in total. The Kier molecular flexibility index (Phi) is 45.3. The number of rotatable bonds is 45. The molecule has 0 fully saturated rings. The average Bonchev–Trinajstić information content (AvgIpc) is 3.18. The Morgan fingerprint density at radius 1 is 0.426 bits per heavy atom. The minimum absolute atomic E-state index is 0.0684. The topological polar surface area (TPSA) is 69.6 Å². The van der Waals surface area contributed by atoms with E-state index in [-0.39, 0.29) is 12.5 Å². The molecule has 0 aliphatic rings. The first-order valence-corrected chi connectivity index (χ1v) is 24.6. The normalized spacial score (nSPS) is 13.0. The molecule has 0 saturated heterocycles. The summed E-state index contributed by atoms with van der Waals surface area (Å²) in [6, 6.07) is -0.635. The van der Waals surface area contributed by atoms with Crippen LogP contribution < -0.4 is 5.32 Å². The summed E-state index contributed by atoms with van der Waals surface area (Å²) in [5.74, 6) is -0.0684. The SMILES string of the molecule is CCCCCCCCCCCCCCC/C=C/CC/C=C/C(O)C(CO)NC(=O)CCCCCCCCCCCCCCCCCCCCCCCCC. The van der Waals surface area contributed by atoms with E-state index < -0.39 is 12.1 Å². The van der Waals surface area contributed by atoms with Gasteiger partial charge in [0.15, 0.2) is 0 Å². The third kappa shape index (κ3) is 42.0. The lowest BCUT2D eigenvalue weighted by atomic mass is 10.0. The fourth-order valence-electron chi connectivity index (χ4n) is 7.67. The summed E-state index contributed by atoms with van der Waals surface area (Å²) in [5.41, 5.74) is 0. The maximum absolute atomic E-state index is 12.4. The number of aliphatic hydroxyl groups excluding tert-OH is 2. The van der Waals surface area contributed by atoms with Crippen molar-refractivity contribution in [2.75, 3.05) is 6.61 Å². The summed E-state index contributed by atoms with van der Waals surface area (Å²) >= 11 is 0. The largest absolute Gasteiger partial charge is 0.394 e. The third-order valence-electron chi connectivity index (χ3n) is 11.4. The van der Waals surface area contributed by atoms with Gasteiger partial charge in [0, 0.05) is 6.42 Å². The fraction of sp³-hybridized carbons (Fsp3) is 0.900. The molecular weight excluding hydrogens is 663 g/mol. The van der Waals surface area contributed by atoms with Crippen LogP contribution in [0.1, 0.15) is 271 Å². The average molecular weight is 760 g/mol. The van der Waals surface area contributed by atoms with Crippen molar-refractivity contribution < 1.29 is 15.0 Å². The van der Waals surface area contributed by atoms with Crippen LogP contribution in [0.4, 0.5) is 0 Å². The number of hydrogen-bond donors (Lipinski definition) is 3. The zero-order valence-corrected chi connectivity index (χ0v) is 36.8. The smallest absolute Gasteiger partial charge is 0.220 e. The van der Waals surface area contributed by atoms with Crippen LogP contribution in [0.3, 0.4) is 0 Å². The van der Waals surface area contributed by atoms with Crippen LogP contribution in [-0.4, -0.2) is 34.9 Å². The molecule has 0 aliphatic carbocycles. The number of carbonyl (C=O) groups excluding carboxylic acids is 1. The Morgan fingerprint density at radius 2 is 0.722 bits per heavy atom. The predicted octanol–water partition coefficient (Wildman–Crippen LogP) is 15.6. The molecule has 0 saturated carbocycles. The molecule has 2 atom stereocenters. The van der Waals surface area contributed by atoms with Crippen molar-refractivity contribution in [2.24, 2.45) is 0 Å². The first kappa shape index (κ1) is 52.9. The molecule has 0 aromatic rings. The second kappa shape index (κ2) is 46.3. The van der Waals surface area contributed by atoms with E-state index in [0.717, 1.165) is 32.1 Å². The van der Waals surface area contributed by atoms with Gasteiger partial charge in [-0.1, -0.05) is 256 Å². The Bertz CT molecular complexity index is 780. The summed E-state index contributed by atoms with van der Waals surface area (Å²) in [5, 5.41) is 23.1. The van der Waals surface area contributed by atoms with E-state index in [2.05, 4.69) is 31.3 Å². The number of nitrogens with one attached hydrogen (secondary N) is 1. The number of aliphatic hydroxyl groups is 2. The molecule has 0 heterocycles. The number of carbonyl (C=O) groups is 1. The van der Waals surface area contributed by atoms with Gasteiger partial charge in [-0.25, -0.2) is 0 Å². The quantitative estimate of drug-likeness (QED) is 0.0428. The van der Waals surface area contributed by atoms with Crippen LogP contribution in [0.25, 0.3) is 0 Å². The van der Waals surface area contributed by atoms with Crippen LogP contribution in [0, 0.1) is 0 Å². The summed E-state index contributed by atoms with van der Waals surface area (Å²) in [7, 11) is 0. The Balaban J connectivity index is 3.53. The Labute approximate surface area is 339 Å². The third-order valence-corrected chi connectivity index (χ3v) is 11.4. The van der Waals surface area contributed by atoms with Gasteiger partial charge in [0.1, 0.15) is 0 Å². The summed E-state index contributed by atoms with van der Waals surface area (Å²) in [6.45, 7) is 4.32. The summed E-state index contributed by atoms with van der Waals surface area (Å²) < 4.78 is 0. The second-order valence-corrected chi connectivity index (χ2v) is 16.9. The maximum Gasteiger partial charge on any atom is 0.220 e. The highest BCUT2D eigenvalue weighted by molar-refractivity contribution is 5.76. The van der Waals surface area contributed by atoms with E-state index in [1.165, 1.54) is 218 Å². The lowest BCUT2D eigenvalue weighted by molar-refractivity contribution is -0.123. The van der Waals surface area contributed by atoms with Gasteiger partial charge in [0.25, 0.3) is 0 Å². The minimum Gasteiger partial charge on any atom is -0.394 e. The maximum atomic E-state index is 12.4. The van der Waals surface area contributed by atoms with Crippen molar-refractivity contribution >= 4 is 5.91 Å². The van der Waals surface area contributed by atoms with Gasteiger partial charge in [-0.3, -0.25) is 4.79 Å². The zero-order valence-electron chi connectivity index (χ0n) is 36.8. The first-order chi connectivity index (χ1) is 26.7. The van der Waals surface area contributed by atoms with E-state index in [1.54, 1.807) is 6.08 Å². The van der Waals surface area contributed by atoms with Gasteiger partial charge in [-0.05, 0) is 32.1 Å². The highest BCUT2D eigenvalue weighted by Gasteiger charge is 2.17. The highest BCUT2D eigenvalue weighted by atomic mass is 16.3. The van der Waals surface area contributed by atoms with E-state index >= 15 is 0 Å². The lowest BCUT2D eigenvalue weighted by Gasteiger charge is -2.19. The van der Waals surface area contributed by atoms with Crippen molar-refractivity contribution in [1.29, 1.82) is 0 Å². The molecule has 0 bridgehead atoms. The zero-order chi connectivity index (χ0) is 39.3. The van der Waals surface area contributed by atoms with Crippen molar-refractivity contribution in [3.8, 4) is 0 Å². The molecule has 2 unspecified atom stereocenters. The van der Waals surface area contributed by atoms with E-state index in [4.69, 9.17) is 0 Å². The monoisotopic (exact) mass is 760 g/mol. The van der Waals surface area contributed by atoms with Crippen LogP contribution in [0.2, 0.25) is 0 Å². The fourth-order valence-corrected chi connectivity index (χ4v) is 7.67. The lowest BCUT2D eigenvalue weighted by Crippen LogP contribution is -2.45. The van der Waals surface area contributed by atoms with Crippen molar-refractivity contribution in [3.05, 3.63) is 24.3 Å². The summed E-state index contributed by atoms with van der Waals surface area (Å²) in [4.78, 5) is 12.4. The number of amides is 1. The van der Waals surface area contributed by atoms with E-state index in [0.29, 0.717) is 6.42 Å². The van der Waals surface area contributed by atoms with Crippen LogP contribution in [0.15, 0.2) is 24.3 Å². The van der Waals surface area contributed by atoms with Crippen molar-refractivity contribution in [3.63, 3.8) is 0 Å². The molecule has 0 aromatic heterocycles. The first-order valence-electron chi connectivity index (χ1n) is 24.6. The predicted molar refractivity (Wildman–Crippen MR) is 239 cm³/mol. The molecular formula is C50H97NO3. The molecule has 1 amide bonds. The van der Waals surface area contributed by atoms with Crippen LogP contribution in [0.5, 0.6) is 0 Å². The molecule has 54 heavy (non-hydrogen) atoms. The van der Waals surface area contributed by atoms with Crippen LogP contribution in [-0.2, 0) is 4.79 Å². The molecule has 0 aliphatic heterocycles. The van der Waals surface area contributed by atoms with Crippen molar-refractivity contribution in [2.45, 2.75) is 283 Å².